The van der Waals surface area contributed by atoms with Gasteiger partial charge in [-0.2, -0.15) is 0 Å². The van der Waals surface area contributed by atoms with Gasteiger partial charge >= 0.3 is 0 Å². The monoisotopic (exact) mass is 147 g/mol. The van der Waals surface area contributed by atoms with Crippen LogP contribution in [0.2, 0.25) is 0 Å². The van der Waals surface area contributed by atoms with Crippen LogP contribution in [0.4, 0.5) is 0 Å². The van der Waals surface area contributed by atoms with E-state index in [9.17, 15) is 0 Å². The highest BCUT2D eigenvalue weighted by molar-refractivity contribution is 7.74. The number of rotatable bonds is 4. The standard InChI is InChI=1S/C8H20P/c1-5-7-8-9(3,4)6-2/h5-8H2,1-4H3/q+1. The van der Waals surface area contributed by atoms with E-state index in [1.54, 1.807) is 0 Å². The van der Waals surface area contributed by atoms with Crippen LogP contribution in [0.1, 0.15) is 26.7 Å². The molecule has 0 bridgehead atoms. The molecule has 0 saturated heterocycles. The molecule has 0 N–H and O–H groups in total. The van der Waals surface area contributed by atoms with Crippen LogP contribution in [0, 0.1) is 0 Å². The Morgan fingerprint density at radius 2 is 1.67 bits per heavy atom. The fourth-order valence-electron chi connectivity index (χ4n) is 0.744. The minimum Gasteiger partial charge on any atom is -0.0652 e. The van der Waals surface area contributed by atoms with Crippen molar-refractivity contribution in [2.45, 2.75) is 26.7 Å². The Bertz CT molecular complexity index is 67.0. The van der Waals surface area contributed by atoms with E-state index in [0.29, 0.717) is 0 Å². The van der Waals surface area contributed by atoms with Gasteiger partial charge in [-0.15, -0.1) is 0 Å². The molecule has 1 heteroatoms. The van der Waals surface area contributed by atoms with Crippen LogP contribution >= 0.6 is 7.26 Å². The van der Waals surface area contributed by atoms with Crippen LogP contribution in [0.5, 0.6) is 0 Å². The minimum atomic E-state index is -0.440. The molecule has 9 heavy (non-hydrogen) atoms. The largest absolute Gasteiger partial charge is 0.0652 e. The van der Waals surface area contributed by atoms with Crippen molar-refractivity contribution in [2.24, 2.45) is 0 Å². The van der Waals surface area contributed by atoms with Crippen LogP contribution in [0.25, 0.3) is 0 Å². The third-order valence-corrected chi connectivity index (χ3v) is 5.21. The van der Waals surface area contributed by atoms with E-state index in [1.165, 1.54) is 25.2 Å². The molecule has 56 valence electrons. The van der Waals surface area contributed by atoms with Crippen molar-refractivity contribution in [3.8, 4) is 0 Å². The summed E-state index contributed by atoms with van der Waals surface area (Å²) in [5.74, 6) is 0. The number of hydrogen-bond acceptors (Lipinski definition) is 0. The molecule has 0 aromatic heterocycles. The Balaban J connectivity index is 3.33. The summed E-state index contributed by atoms with van der Waals surface area (Å²) in [6, 6.07) is 0. The summed E-state index contributed by atoms with van der Waals surface area (Å²) >= 11 is 0. The molecule has 0 radical (unpaired) electrons. The van der Waals surface area contributed by atoms with Crippen LogP contribution in [0.15, 0.2) is 0 Å². The first-order valence-electron chi connectivity index (χ1n) is 3.94. The van der Waals surface area contributed by atoms with Crippen molar-refractivity contribution in [1.82, 2.24) is 0 Å². The first-order chi connectivity index (χ1) is 4.12. The Labute approximate surface area is 60.4 Å². The van der Waals surface area contributed by atoms with Gasteiger partial charge in [-0.3, -0.25) is 0 Å². The number of hydrogen-bond donors (Lipinski definition) is 0. The fraction of sp³-hybridized carbons (Fsp3) is 1.00. The third kappa shape index (κ3) is 4.90. The molecular formula is C8H20P+. The van der Waals surface area contributed by atoms with Gasteiger partial charge in [-0.1, -0.05) is 13.3 Å². The van der Waals surface area contributed by atoms with Gasteiger partial charge in [0.15, 0.2) is 0 Å². The zero-order chi connectivity index (χ0) is 7.33. The van der Waals surface area contributed by atoms with Crippen LogP contribution in [0.3, 0.4) is 0 Å². The predicted molar refractivity (Wildman–Crippen MR) is 49.1 cm³/mol. The Morgan fingerprint density at radius 1 is 1.11 bits per heavy atom. The van der Waals surface area contributed by atoms with Crippen LogP contribution < -0.4 is 0 Å². The van der Waals surface area contributed by atoms with E-state index in [2.05, 4.69) is 27.2 Å². The zero-order valence-electron chi connectivity index (χ0n) is 7.28. The molecule has 0 nitrogen and oxygen atoms in total. The van der Waals surface area contributed by atoms with Gasteiger partial charge in [0.25, 0.3) is 0 Å². The molecule has 0 saturated carbocycles. The van der Waals surface area contributed by atoms with E-state index in [0.717, 1.165) is 0 Å². The van der Waals surface area contributed by atoms with Gasteiger partial charge in [0, 0.05) is 20.6 Å². The molecule has 0 amide bonds. The lowest BCUT2D eigenvalue weighted by Crippen LogP contribution is -1.96. The second-order valence-corrected chi connectivity index (χ2v) is 8.28. The summed E-state index contributed by atoms with van der Waals surface area (Å²) in [5, 5.41) is 0. The van der Waals surface area contributed by atoms with Crippen molar-refractivity contribution < 1.29 is 0 Å². The second kappa shape index (κ2) is 4.28. The van der Waals surface area contributed by atoms with Gasteiger partial charge in [-0.25, -0.2) is 0 Å². The van der Waals surface area contributed by atoms with E-state index in [-0.39, 0.29) is 0 Å². The minimum absolute atomic E-state index is 0.440. The molecule has 0 spiro atoms. The predicted octanol–water partition coefficient (Wildman–Crippen LogP) is 3.08. The third-order valence-electron chi connectivity index (χ3n) is 1.97. The first kappa shape index (κ1) is 9.43. The maximum absolute atomic E-state index is 2.46. The van der Waals surface area contributed by atoms with Crippen molar-refractivity contribution in [3.05, 3.63) is 0 Å². The average molecular weight is 147 g/mol. The van der Waals surface area contributed by atoms with E-state index >= 15 is 0 Å². The summed E-state index contributed by atoms with van der Waals surface area (Å²) in [6.07, 6.45) is 5.73. The molecule has 0 aliphatic carbocycles. The SMILES string of the molecule is CCCC[P+](C)(C)CC. The van der Waals surface area contributed by atoms with Gasteiger partial charge in [0.05, 0.1) is 12.3 Å². The van der Waals surface area contributed by atoms with Crippen molar-refractivity contribution in [2.75, 3.05) is 25.7 Å². The van der Waals surface area contributed by atoms with Crippen molar-refractivity contribution in [1.29, 1.82) is 0 Å². The topological polar surface area (TPSA) is 0 Å². The summed E-state index contributed by atoms with van der Waals surface area (Å²) in [7, 11) is -0.440. The molecule has 0 aliphatic rings. The van der Waals surface area contributed by atoms with E-state index < -0.39 is 7.26 Å². The summed E-state index contributed by atoms with van der Waals surface area (Å²) in [5.41, 5.74) is 0. The molecular weight excluding hydrogens is 127 g/mol. The molecule has 0 aromatic rings. The summed E-state index contributed by atoms with van der Waals surface area (Å²) < 4.78 is 0. The molecule has 0 unspecified atom stereocenters. The Hall–Kier alpha value is 0.430. The molecule has 0 aliphatic heterocycles. The Morgan fingerprint density at radius 3 is 2.00 bits per heavy atom. The van der Waals surface area contributed by atoms with Crippen molar-refractivity contribution >= 4 is 7.26 Å². The highest BCUT2D eigenvalue weighted by Gasteiger charge is 2.19. The molecule has 0 atom stereocenters. The first-order valence-corrected chi connectivity index (χ1v) is 6.99. The maximum atomic E-state index is 2.46. The highest BCUT2D eigenvalue weighted by Crippen LogP contribution is 2.50. The van der Waals surface area contributed by atoms with Crippen LogP contribution in [-0.2, 0) is 0 Å². The zero-order valence-corrected chi connectivity index (χ0v) is 8.17. The summed E-state index contributed by atoms with van der Waals surface area (Å²) in [4.78, 5) is 0. The highest BCUT2D eigenvalue weighted by atomic mass is 31.2. The normalized spacial score (nSPS) is 12.0. The van der Waals surface area contributed by atoms with Gasteiger partial charge in [0.1, 0.15) is 0 Å². The van der Waals surface area contributed by atoms with Crippen molar-refractivity contribution in [3.63, 3.8) is 0 Å². The van der Waals surface area contributed by atoms with E-state index in [4.69, 9.17) is 0 Å². The number of unbranched alkanes of at least 4 members (excludes halogenated alkanes) is 1. The summed E-state index contributed by atoms with van der Waals surface area (Å²) in [6.45, 7) is 9.52. The van der Waals surface area contributed by atoms with Crippen LogP contribution in [-0.4, -0.2) is 25.7 Å². The molecule has 0 fully saturated rings. The lowest BCUT2D eigenvalue weighted by molar-refractivity contribution is 0.887. The lowest BCUT2D eigenvalue weighted by atomic mass is 10.4. The smallest absolute Gasteiger partial charge is 0.0588 e. The fourth-order valence-corrected chi connectivity index (χ4v) is 2.23. The van der Waals surface area contributed by atoms with Gasteiger partial charge < -0.3 is 0 Å². The molecule has 0 heterocycles. The second-order valence-electron chi connectivity index (χ2n) is 3.33. The van der Waals surface area contributed by atoms with Gasteiger partial charge in [0.2, 0.25) is 0 Å². The van der Waals surface area contributed by atoms with Gasteiger partial charge in [-0.05, 0) is 13.3 Å². The lowest BCUT2D eigenvalue weighted by Gasteiger charge is -2.14. The average Bonchev–Trinajstić information content (AvgIpc) is 1.84. The Kier molecular flexibility index (Phi) is 4.48. The van der Waals surface area contributed by atoms with E-state index in [1.807, 2.05) is 0 Å². The molecule has 0 aromatic carbocycles. The quantitative estimate of drug-likeness (QED) is 0.536. The molecule has 0 rings (SSSR count). The maximum Gasteiger partial charge on any atom is 0.0588 e.